The van der Waals surface area contributed by atoms with Crippen LogP contribution >= 0.6 is 11.3 Å². The molecule has 2 amide bonds. The van der Waals surface area contributed by atoms with Gasteiger partial charge in [0.15, 0.2) is 0 Å². The smallest absolute Gasteiger partial charge is 0.335 e. The van der Waals surface area contributed by atoms with Gasteiger partial charge in [-0.05, 0) is 111 Å². The summed E-state index contributed by atoms with van der Waals surface area (Å²) in [6.07, 6.45) is 5.70. The molecule has 3 aromatic carbocycles. The second-order valence-corrected chi connectivity index (χ2v) is 15.6. The van der Waals surface area contributed by atoms with Gasteiger partial charge in [0, 0.05) is 29.2 Å². The number of hydrogen-bond acceptors (Lipinski definition) is 7. The van der Waals surface area contributed by atoms with Gasteiger partial charge in [0.1, 0.15) is 5.00 Å². The first-order chi connectivity index (χ1) is 24.0. The molecular weight excluding hydrogens is 679 g/mol. The minimum absolute atomic E-state index is 0.0980. The summed E-state index contributed by atoms with van der Waals surface area (Å²) in [4.78, 5) is 50.9. The number of nitrogens with one attached hydrogen (secondary N) is 2. The Morgan fingerprint density at radius 2 is 1.48 bits per heavy atom. The zero-order chi connectivity index (χ0) is 35.4. The molecule has 4 N–H and O–H groups in total. The van der Waals surface area contributed by atoms with Crippen molar-refractivity contribution in [2.75, 3.05) is 23.7 Å². The van der Waals surface area contributed by atoms with Gasteiger partial charge in [-0.1, -0.05) is 30.3 Å². The molecule has 11 nitrogen and oxygen atoms in total. The van der Waals surface area contributed by atoms with E-state index in [-0.39, 0.29) is 35.0 Å². The number of carboxylic acid groups (broad SMARTS) is 2. The van der Waals surface area contributed by atoms with Crippen LogP contribution in [0.2, 0.25) is 0 Å². The standard InChI is InChI=1S/C37H37N3O8S2/c41-33(26-5-3-7-29(21-26)50(47,48)40-20-4-6-27(22-40)37(45)46)39-35-32(30-8-1-2-9-31(30)49-35)34(42)38-28-18-14-24(15-19-28)11-10-23-12-16-25(17-13-23)36(43)44/h3,5,7,12-19,21,27H,1-2,4,6,8-11,20,22H2,(H,38,42)(H,39,41)(H,43,44)(H,45,46). The first-order valence-electron chi connectivity index (χ1n) is 16.5. The molecular formula is C37H37N3O8S2. The van der Waals surface area contributed by atoms with Gasteiger partial charge >= 0.3 is 11.9 Å². The molecule has 1 fully saturated rings. The van der Waals surface area contributed by atoms with E-state index in [0.29, 0.717) is 35.5 Å². The van der Waals surface area contributed by atoms with Crippen molar-refractivity contribution in [1.29, 1.82) is 0 Å². The van der Waals surface area contributed by atoms with Crippen LogP contribution < -0.4 is 10.6 Å². The van der Waals surface area contributed by atoms with Gasteiger partial charge in [-0.25, -0.2) is 13.2 Å². The van der Waals surface area contributed by atoms with Gasteiger partial charge in [0.2, 0.25) is 10.0 Å². The lowest BCUT2D eigenvalue weighted by Crippen LogP contribution is -2.42. The maximum Gasteiger partial charge on any atom is 0.335 e. The number of nitrogens with zero attached hydrogens (tertiary/aromatic N) is 1. The highest BCUT2D eigenvalue weighted by Crippen LogP contribution is 2.39. The van der Waals surface area contributed by atoms with Crippen LogP contribution in [-0.4, -0.2) is 59.8 Å². The third-order valence-electron chi connectivity index (χ3n) is 9.21. The number of carboxylic acids is 2. The molecule has 0 saturated carbocycles. The van der Waals surface area contributed by atoms with Crippen LogP contribution in [0.4, 0.5) is 10.7 Å². The number of carbonyl (C=O) groups excluding carboxylic acids is 2. The number of amides is 2. The van der Waals surface area contributed by atoms with Crippen molar-refractivity contribution < 1.29 is 37.8 Å². The predicted octanol–water partition coefficient (Wildman–Crippen LogP) is 6.10. The molecule has 2 aliphatic rings. The highest BCUT2D eigenvalue weighted by atomic mass is 32.2. The maximum atomic E-state index is 13.8. The monoisotopic (exact) mass is 715 g/mol. The molecule has 0 spiro atoms. The lowest BCUT2D eigenvalue weighted by molar-refractivity contribution is -0.142. The van der Waals surface area contributed by atoms with E-state index >= 15 is 0 Å². The van der Waals surface area contributed by atoms with E-state index in [1.807, 2.05) is 36.4 Å². The molecule has 260 valence electrons. The zero-order valence-corrected chi connectivity index (χ0v) is 28.8. The first kappa shape index (κ1) is 35.0. The number of benzene rings is 3. The number of anilines is 2. The van der Waals surface area contributed by atoms with E-state index in [0.717, 1.165) is 58.0 Å². The highest BCUT2D eigenvalue weighted by Gasteiger charge is 2.34. The number of rotatable bonds is 11. The molecule has 50 heavy (non-hydrogen) atoms. The molecule has 1 unspecified atom stereocenters. The first-order valence-corrected chi connectivity index (χ1v) is 18.8. The molecule has 1 aromatic heterocycles. The zero-order valence-electron chi connectivity index (χ0n) is 27.2. The fourth-order valence-electron chi connectivity index (χ4n) is 6.43. The third kappa shape index (κ3) is 7.80. The normalized spacial score (nSPS) is 16.3. The molecule has 6 rings (SSSR count). The van der Waals surface area contributed by atoms with Crippen molar-refractivity contribution in [1.82, 2.24) is 4.31 Å². The molecule has 0 bridgehead atoms. The van der Waals surface area contributed by atoms with E-state index in [1.54, 1.807) is 12.1 Å². The van der Waals surface area contributed by atoms with Gasteiger partial charge in [-0.3, -0.25) is 14.4 Å². The quantitative estimate of drug-likeness (QED) is 0.144. The number of sulfonamides is 1. The number of fused-ring (bicyclic) bond motifs is 1. The number of carbonyl (C=O) groups is 4. The fraction of sp³-hybridized carbons (Fsp3) is 0.297. The summed E-state index contributed by atoms with van der Waals surface area (Å²) in [6.45, 7) is 0.0790. The second-order valence-electron chi connectivity index (χ2n) is 12.6. The molecule has 4 aromatic rings. The van der Waals surface area contributed by atoms with Gasteiger partial charge in [-0.2, -0.15) is 4.31 Å². The molecule has 2 heterocycles. The summed E-state index contributed by atoms with van der Waals surface area (Å²) in [5.41, 5.74) is 4.33. The van der Waals surface area contributed by atoms with Gasteiger partial charge in [0.25, 0.3) is 11.8 Å². The van der Waals surface area contributed by atoms with Crippen LogP contribution in [0.3, 0.4) is 0 Å². The second kappa shape index (κ2) is 15.0. The Bertz CT molecular complexity index is 2040. The number of aryl methyl sites for hydroxylation is 3. The number of aliphatic carboxylic acids is 1. The molecule has 0 radical (unpaired) electrons. The SMILES string of the molecule is O=C(O)c1ccc(CCc2ccc(NC(=O)c3c(NC(=O)c4cccc(S(=O)(=O)N5CCCC(C(=O)O)C5)c4)sc4c3CCCC4)cc2)cc1. The van der Waals surface area contributed by atoms with Gasteiger partial charge in [-0.15, -0.1) is 11.3 Å². The number of aromatic carboxylic acids is 1. The Morgan fingerprint density at radius 3 is 2.16 bits per heavy atom. The number of thiophene rings is 1. The summed E-state index contributed by atoms with van der Waals surface area (Å²) in [5.74, 6) is -3.68. The van der Waals surface area contributed by atoms with Crippen LogP contribution in [0, 0.1) is 5.92 Å². The third-order valence-corrected chi connectivity index (χ3v) is 12.3. The molecule has 1 aliphatic heterocycles. The fourth-order valence-corrected chi connectivity index (χ4v) is 9.28. The summed E-state index contributed by atoms with van der Waals surface area (Å²) in [7, 11) is -4.03. The average Bonchev–Trinajstić information content (AvgIpc) is 3.49. The maximum absolute atomic E-state index is 13.8. The van der Waals surface area contributed by atoms with E-state index in [2.05, 4.69) is 10.6 Å². The topological polar surface area (TPSA) is 170 Å². The predicted molar refractivity (Wildman–Crippen MR) is 190 cm³/mol. The lowest BCUT2D eigenvalue weighted by Gasteiger charge is -2.29. The van der Waals surface area contributed by atoms with E-state index in [4.69, 9.17) is 5.11 Å². The summed E-state index contributed by atoms with van der Waals surface area (Å²) < 4.78 is 28.0. The number of piperidine rings is 1. The van der Waals surface area contributed by atoms with E-state index in [9.17, 15) is 32.7 Å². The van der Waals surface area contributed by atoms with E-state index < -0.39 is 33.8 Å². The Hall–Kier alpha value is -4.85. The Labute approximate surface area is 294 Å². The van der Waals surface area contributed by atoms with Crippen LogP contribution in [0.1, 0.15) is 78.3 Å². The highest BCUT2D eigenvalue weighted by molar-refractivity contribution is 7.89. The van der Waals surface area contributed by atoms with Crippen molar-refractivity contribution >= 4 is 55.8 Å². The van der Waals surface area contributed by atoms with Crippen molar-refractivity contribution in [3.63, 3.8) is 0 Å². The number of hydrogen-bond donors (Lipinski definition) is 4. The Morgan fingerprint density at radius 1 is 0.800 bits per heavy atom. The van der Waals surface area contributed by atoms with E-state index in [1.165, 1.54) is 35.6 Å². The van der Waals surface area contributed by atoms with Crippen molar-refractivity contribution in [2.45, 2.75) is 56.3 Å². The van der Waals surface area contributed by atoms with Crippen LogP contribution in [-0.2, 0) is 40.5 Å². The Balaban J connectivity index is 1.15. The molecule has 13 heteroatoms. The van der Waals surface area contributed by atoms with Gasteiger partial charge in [0.05, 0.1) is 21.9 Å². The van der Waals surface area contributed by atoms with Crippen molar-refractivity contribution in [3.05, 3.63) is 111 Å². The summed E-state index contributed by atoms with van der Waals surface area (Å²) >= 11 is 1.36. The molecule has 1 atom stereocenters. The van der Waals surface area contributed by atoms with Crippen molar-refractivity contribution in [3.8, 4) is 0 Å². The van der Waals surface area contributed by atoms with Crippen LogP contribution in [0.5, 0.6) is 0 Å². The van der Waals surface area contributed by atoms with Crippen LogP contribution in [0.25, 0.3) is 0 Å². The van der Waals surface area contributed by atoms with Crippen LogP contribution in [0.15, 0.2) is 77.7 Å². The minimum atomic E-state index is -4.03. The largest absolute Gasteiger partial charge is 0.481 e. The lowest BCUT2D eigenvalue weighted by atomic mass is 9.95. The minimum Gasteiger partial charge on any atom is -0.481 e. The molecule has 1 saturated heterocycles. The molecule has 1 aliphatic carbocycles. The Kier molecular flexibility index (Phi) is 10.5. The van der Waals surface area contributed by atoms with Crippen molar-refractivity contribution in [2.24, 2.45) is 5.92 Å². The average molecular weight is 716 g/mol. The summed E-state index contributed by atoms with van der Waals surface area (Å²) in [6, 6.07) is 20.0. The van der Waals surface area contributed by atoms with Gasteiger partial charge < -0.3 is 20.8 Å². The summed E-state index contributed by atoms with van der Waals surface area (Å²) in [5, 5.41) is 24.8.